The van der Waals surface area contributed by atoms with Gasteiger partial charge in [0.25, 0.3) is 0 Å². The van der Waals surface area contributed by atoms with Gasteiger partial charge >= 0.3 is 0 Å². The smallest absolute Gasteiger partial charge is 0.230 e. The zero-order chi connectivity index (χ0) is 15.2. The third kappa shape index (κ3) is 4.81. The molecular formula is C15H18ClN3OS. The van der Waals surface area contributed by atoms with E-state index in [9.17, 15) is 4.79 Å². The number of nitrogens with two attached hydrogens (primary N) is 1. The third-order valence-corrected chi connectivity index (χ3v) is 4.36. The minimum atomic E-state index is -0.0920. The highest BCUT2D eigenvalue weighted by Crippen LogP contribution is 2.20. The summed E-state index contributed by atoms with van der Waals surface area (Å²) in [4.78, 5) is 16.4. The summed E-state index contributed by atoms with van der Waals surface area (Å²) < 4.78 is 0. The zero-order valence-electron chi connectivity index (χ0n) is 11.9. The molecule has 21 heavy (non-hydrogen) atoms. The number of aryl methyl sites for hydroxylation is 2. The summed E-state index contributed by atoms with van der Waals surface area (Å²) in [6, 6.07) is 5.47. The number of amides is 1. The highest BCUT2D eigenvalue weighted by Gasteiger charge is 2.08. The lowest BCUT2D eigenvalue weighted by Gasteiger charge is -2.06. The Morgan fingerprint density at radius 2 is 2.29 bits per heavy atom. The number of hydrogen-bond acceptors (Lipinski definition) is 4. The van der Waals surface area contributed by atoms with Crippen molar-refractivity contribution in [3.8, 4) is 0 Å². The van der Waals surface area contributed by atoms with Crippen molar-refractivity contribution in [2.24, 2.45) is 5.73 Å². The van der Waals surface area contributed by atoms with E-state index in [0.717, 1.165) is 29.1 Å². The van der Waals surface area contributed by atoms with E-state index in [2.05, 4.69) is 10.3 Å². The molecule has 0 aliphatic rings. The lowest BCUT2D eigenvalue weighted by Crippen LogP contribution is -2.14. The van der Waals surface area contributed by atoms with Gasteiger partial charge in [-0.15, -0.1) is 11.3 Å². The summed E-state index contributed by atoms with van der Waals surface area (Å²) in [5, 5.41) is 6.43. The van der Waals surface area contributed by atoms with E-state index in [-0.39, 0.29) is 12.3 Å². The number of carbonyl (C=O) groups excluding carboxylic acids is 1. The first-order valence-corrected chi connectivity index (χ1v) is 8.03. The van der Waals surface area contributed by atoms with Gasteiger partial charge in [-0.05, 0) is 37.6 Å². The molecule has 0 spiro atoms. The normalized spacial score (nSPS) is 10.6. The Bertz CT molecular complexity index is 627. The summed E-state index contributed by atoms with van der Waals surface area (Å²) in [5.74, 6) is -0.0920. The Hall–Kier alpha value is -1.43. The molecule has 0 radical (unpaired) electrons. The van der Waals surface area contributed by atoms with Gasteiger partial charge in [0.05, 0.1) is 17.1 Å². The first kappa shape index (κ1) is 15.9. The third-order valence-electron chi connectivity index (χ3n) is 2.99. The van der Waals surface area contributed by atoms with Gasteiger partial charge in [-0.3, -0.25) is 4.79 Å². The Balaban J connectivity index is 1.91. The van der Waals surface area contributed by atoms with Crippen LogP contribution in [0, 0.1) is 6.92 Å². The van der Waals surface area contributed by atoms with Crippen LogP contribution in [0.3, 0.4) is 0 Å². The van der Waals surface area contributed by atoms with E-state index in [1.54, 1.807) is 17.4 Å². The quantitative estimate of drug-likeness (QED) is 0.858. The van der Waals surface area contributed by atoms with Crippen LogP contribution in [0.1, 0.15) is 22.7 Å². The summed E-state index contributed by atoms with van der Waals surface area (Å²) in [6.45, 7) is 2.58. The van der Waals surface area contributed by atoms with Gasteiger partial charge in [-0.25, -0.2) is 4.98 Å². The minimum Gasteiger partial charge on any atom is -0.330 e. The molecule has 0 saturated heterocycles. The molecule has 0 aliphatic carbocycles. The van der Waals surface area contributed by atoms with Gasteiger partial charge in [0.2, 0.25) is 5.91 Å². The van der Waals surface area contributed by atoms with E-state index < -0.39 is 0 Å². The van der Waals surface area contributed by atoms with Crippen molar-refractivity contribution >= 4 is 34.5 Å². The van der Waals surface area contributed by atoms with Gasteiger partial charge < -0.3 is 11.1 Å². The number of benzene rings is 1. The van der Waals surface area contributed by atoms with Crippen LogP contribution < -0.4 is 11.1 Å². The maximum absolute atomic E-state index is 12.0. The molecule has 0 unspecified atom stereocenters. The van der Waals surface area contributed by atoms with Crippen LogP contribution in [-0.4, -0.2) is 17.4 Å². The Kier molecular flexibility index (Phi) is 5.73. The van der Waals surface area contributed by atoms with Crippen LogP contribution in [0.2, 0.25) is 5.02 Å². The topological polar surface area (TPSA) is 68.0 Å². The van der Waals surface area contributed by atoms with E-state index >= 15 is 0 Å². The molecule has 0 saturated carbocycles. The highest BCUT2D eigenvalue weighted by atomic mass is 35.5. The molecule has 1 aromatic heterocycles. The first-order valence-electron chi connectivity index (χ1n) is 6.78. The summed E-state index contributed by atoms with van der Waals surface area (Å²) in [7, 11) is 0. The minimum absolute atomic E-state index is 0.0920. The predicted octanol–water partition coefficient (Wildman–Crippen LogP) is 3.18. The molecule has 2 rings (SSSR count). The molecule has 2 aromatic rings. The van der Waals surface area contributed by atoms with Crippen molar-refractivity contribution in [1.82, 2.24) is 4.98 Å². The highest BCUT2D eigenvalue weighted by molar-refractivity contribution is 7.09. The van der Waals surface area contributed by atoms with Gasteiger partial charge in [0.15, 0.2) is 0 Å². The number of rotatable bonds is 6. The average molecular weight is 324 g/mol. The summed E-state index contributed by atoms with van der Waals surface area (Å²) in [6.07, 6.45) is 2.06. The van der Waals surface area contributed by atoms with Crippen molar-refractivity contribution in [3.63, 3.8) is 0 Å². The molecule has 0 atom stereocenters. The molecule has 1 heterocycles. The molecule has 112 valence electrons. The van der Waals surface area contributed by atoms with Crippen molar-refractivity contribution in [1.29, 1.82) is 0 Å². The molecule has 0 fully saturated rings. The number of thiazole rings is 1. The monoisotopic (exact) mass is 323 g/mol. The van der Waals surface area contributed by atoms with E-state index in [1.807, 2.05) is 24.4 Å². The van der Waals surface area contributed by atoms with Crippen LogP contribution in [0.25, 0.3) is 0 Å². The summed E-state index contributed by atoms with van der Waals surface area (Å²) >= 11 is 7.61. The molecule has 1 aromatic carbocycles. The molecule has 0 bridgehead atoms. The van der Waals surface area contributed by atoms with Crippen LogP contribution in [-0.2, 0) is 17.6 Å². The SMILES string of the molecule is Cc1ccc(NC(=O)Cc2csc(CCCN)n2)cc1Cl. The number of carbonyl (C=O) groups is 1. The number of anilines is 1. The number of hydrogen-bond donors (Lipinski definition) is 2. The average Bonchev–Trinajstić information content (AvgIpc) is 2.88. The van der Waals surface area contributed by atoms with Gasteiger partial charge in [-0.2, -0.15) is 0 Å². The van der Waals surface area contributed by atoms with Crippen molar-refractivity contribution in [2.75, 3.05) is 11.9 Å². The fraction of sp³-hybridized carbons (Fsp3) is 0.333. The van der Waals surface area contributed by atoms with E-state index in [0.29, 0.717) is 17.3 Å². The molecule has 6 heteroatoms. The van der Waals surface area contributed by atoms with Crippen molar-refractivity contribution in [3.05, 3.63) is 44.9 Å². The van der Waals surface area contributed by atoms with Gasteiger partial charge in [0, 0.05) is 22.5 Å². The molecule has 3 N–H and O–H groups in total. The van der Waals surface area contributed by atoms with Crippen molar-refractivity contribution < 1.29 is 4.79 Å². The molecule has 4 nitrogen and oxygen atoms in total. The zero-order valence-corrected chi connectivity index (χ0v) is 13.4. The Morgan fingerprint density at radius 3 is 3.00 bits per heavy atom. The van der Waals surface area contributed by atoms with Gasteiger partial charge in [-0.1, -0.05) is 17.7 Å². The maximum atomic E-state index is 12.0. The Labute approximate surface area is 133 Å². The molecule has 1 amide bonds. The number of aromatic nitrogens is 1. The fourth-order valence-corrected chi connectivity index (χ4v) is 2.86. The largest absolute Gasteiger partial charge is 0.330 e. The lowest BCUT2D eigenvalue weighted by atomic mass is 10.2. The van der Waals surface area contributed by atoms with Crippen LogP contribution >= 0.6 is 22.9 Å². The second-order valence-electron chi connectivity index (χ2n) is 4.81. The fourth-order valence-electron chi connectivity index (χ4n) is 1.84. The first-order chi connectivity index (χ1) is 10.1. The van der Waals surface area contributed by atoms with Crippen molar-refractivity contribution in [2.45, 2.75) is 26.2 Å². The Morgan fingerprint density at radius 1 is 1.48 bits per heavy atom. The second-order valence-corrected chi connectivity index (χ2v) is 6.16. The lowest BCUT2D eigenvalue weighted by molar-refractivity contribution is -0.115. The van der Waals surface area contributed by atoms with E-state index in [4.69, 9.17) is 17.3 Å². The standard InChI is InChI=1S/C15H18ClN3OS/c1-10-4-5-11(7-13(10)16)18-14(20)8-12-9-21-15(19-12)3-2-6-17/h4-5,7,9H,2-3,6,8,17H2,1H3,(H,18,20). The van der Waals surface area contributed by atoms with Gasteiger partial charge in [0.1, 0.15) is 0 Å². The number of nitrogens with one attached hydrogen (secondary N) is 1. The second kappa shape index (κ2) is 7.54. The number of halogens is 1. The molecule has 0 aliphatic heterocycles. The maximum Gasteiger partial charge on any atom is 0.230 e. The van der Waals surface area contributed by atoms with E-state index in [1.165, 1.54) is 0 Å². The molecular weight excluding hydrogens is 306 g/mol. The van der Waals surface area contributed by atoms with Crippen LogP contribution in [0.5, 0.6) is 0 Å². The summed E-state index contributed by atoms with van der Waals surface area (Å²) in [5.41, 5.74) is 7.96. The number of nitrogens with zero attached hydrogens (tertiary/aromatic N) is 1. The predicted molar refractivity (Wildman–Crippen MR) is 88.0 cm³/mol. The van der Waals surface area contributed by atoms with Crippen LogP contribution in [0.15, 0.2) is 23.6 Å². The van der Waals surface area contributed by atoms with Crippen LogP contribution in [0.4, 0.5) is 5.69 Å².